The first-order chi connectivity index (χ1) is 0. The third kappa shape index (κ3) is 21.0. The molecule has 0 aliphatic heterocycles. The fourth-order valence-corrected chi connectivity index (χ4v) is 0. The van der Waals surface area contributed by atoms with Crippen molar-refractivity contribution >= 4 is 17.4 Å². The van der Waals surface area contributed by atoms with Crippen LogP contribution >= 0.6 is 0 Å². The van der Waals surface area contributed by atoms with Crippen LogP contribution in [0, 0.1) is 22.3 Å². The van der Waals surface area contributed by atoms with Crippen LogP contribution in [-0.4, -0.2) is 17.4 Å². The lowest BCUT2D eigenvalue weighted by atomic mass is 12.0. The fourth-order valence-electron chi connectivity index (χ4n) is 0. The van der Waals surface area contributed by atoms with E-state index in [1.807, 2.05) is 0 Å². The first-order valence-electron chi connectivity index (χ1n) is 0. The quantitative estimate of drug-likeness (QED) is 0.295. The molecule has 0 aliphatic carbocycles. The molecular weight excluding hydrogens is 63.0 g/mol. The highest BCUT2D eigenvalue weighted by Gasteiger charge is 0.00000842. The number of hydrogen-bond acceptors (Lipinski definition) is 0. The Kier molecular flexibility index (Phi) is 3980. The molecular formula is C3H9Al-3. The summed E-state index contributed by atoms with van der Waals surface area (Å²) in [7, 11) is 0. The van der Waals surface area contributed by atoms with Crippen LogP contribution in [-0.2, 0) is 0 Å². The van der Waals surface area contributed by atoms with E-state index in [-0.39, 0.29) is 39.6 Å². The zero-order valence-electron chi connectivity index (χ0n) is 3.58. The van der Waals surface area contributed by atoms with E-state index in [0.717, 1.165) is 0 Å². The van der Waals surface area contributed by atoms with Crippen LogP contribution in [0.5, 0.6) is 0 Å². The lowest BCUT2D eigenvalue weighted by Crippen LogP contribution is -0.381. The molecule has 0 N–H and O–H groups in total. The van der Waals surface area contributed by atoms with Crippen molar-refractivity contribution in [1.82, 2.24) is 0 Å². The Bertz CT molecular complexity index is 3.25. The van der Waals surface area contributed by atoms with Gasteiger partial charge in [0.15, 0.2) is 0 Å². The molecule has 0 amide bonds. The van der Waals surface area contributed by atoms with Gasteiger partial charge in [-0.3, -0.25) is 0 Å². The minimum absolute atomic E-state index is 0. The smallest absolute Gasteiger partial charge is 0 e. The first-order valence-corrected chi connectivity index (χ1v) is 0. The van der Waals surface area contributed by atoms with Gasteiger partial charge >= 0.3 is 0 Å². The van der Waals surface area contributed by atoms with Gasteiger partial charge in [0.05, 0.1) is 0 Å². The molecule has 0 saturated heterocycles. The predicted molar refractivity (Wildman–Crippen MR) is 25.0 cm³/mol. The Balaban J connectivity index is 0. The summed E-state index contributed by atoms with van der Waals surface area (Å²) in [6.45, 7) is 0. The van der Waals surface area contributed by atoms with Crippen LogP contribution in [0.2, 0.25) is 0 Å². The van der Waals surface area contributed by atoms with Crippen molar-refractivity contribution in [2.45, 2.75) is 0 Å². The zero-order chi connectivity index (χ0) is 0. The van der Waals surface area contributed by atoms with Crippen LogP contribution in [0.4, 0.5) is 0 Å². The van der Waals surface area contributed by atoms with Crippen molar-refractivity contribution in [3.63, 3.8) is 0 Å². The second-order valence-electron chi connectivity index (χ2n) is 0. The maximum absolute atomic E-state index is 0. The largest absolute Gasteiger partial charge is 0.358 e. The van der Waals surface area contributed by atoms with Crippen LogP contribution in [0.15, 0.2) is 0 Å². The number of hydrogen-bond donors (Lipinski definition) is 0. The van der Waals surface area contributed by atoms with E-state index in [1.165, 1.54) is 0 Å². The molecule has 0 aromatic heterocycles. The highest BCUT2D eigenvalue weighted by Crippen LogP contribution is 0.0833. The van der Waals surface area contributed by atoms with E-state index in [0.29, 0.717) is 0 Å². The molecule has 0 spiro atoms. The van der Waals surface area contributed by atoms with Gasteiger partial charge in [0.1, 0.15) is 0 Å². The highest BCUT2D eigenvalue weighted by atomic mass is 27.0. The Morgan fingerprint density at radius 1 is 0.500 bits per heavy atom. The summed E-state index contributed by atoms with van der Waals surface area (Å²) in [4.78, 5) is 0. The summed E-state index contributed by atoms with van der Waals surface area (Å²) in [5.41, 5.74) is 0. The normalized spacial score (nSPS) is 0. The molecule has 3 radical (unpaired) electrons. The summed E-state index contributed by atoms with van der Waals surface area (Å²) < 4.78 is 0. The molecule has 0 unspecified atom stereocenters. The molecule has 0 saturated carbocycles. The monoisotopic (exact) mass is 72.1 g/mol. The maximum atomic E-state index is 0. The lowest BCUT2D eigenvalue weighted by Gasteiger charge is -0.359. The molecule has 0 rings (SSSR count). The SMILES string of the molecule is [Al].[CH3-].[CH3-].[CH3-]. The van der Waals surface area contributed by atoms with E-state index in [2.05, 4.69) is 0 Å². The maximum Gasteiger partial charge on any atom is 0 e. The van der Waals surface area contributed by atoms with Gasteiger partial charge in [0, 0.05) is 17.4 Å². The Hall–Kier alpha value is 0.532. The van der Waals surface area contributed by atoms with Crippen molar-refractivity contribution in [2.24, 2.45) is 0 Å². The molecule has 0 bridgehead atoms. The summed E-state index contributed by atoms with van der Waals surface area (Å²) in [5.74, 6) is 0. The minimum Gasteiger partial charge on any atom is -0.358 e. The van der Waals surface area contributed by atoms with Crippen molar-refractivity contribution in [3.8, 4) is 0 Å². The lowest BCUT2D eigenvalue weighted by molar-refractivity contribution is 3.24. The summed E-state index contributed by atoms with van der Waals surface area (Å²) in [6, 6.07) is 0. The second kappa shape index (κ2) is 79.9. The average Bonchev–Trinajstić information content (AvgIpc) is 0. The van der Waals surface area contributed by atoms with Crippen molar-refractivity contribution < 1.29 is 0 Å². The van der Waals surface area contributed by atoms with Gasteiger partial charge in [-0.25, -0.2) is 0 Å². The van der Waals surface area contributed by atoms with Crippen LogP contribution < -0.4 is 0 Å². The highest BCUT2D eigenvalue weighted by molar-refractivity contribution is 5.75. The third-order valence-corrected chi connectivity index (χ3v) is 0. The van der Waals surface area contributed by atoms with Gasteiger partial charge < -0.3 is 22.3 Å². The van der Waals surface area contributed by atoms with Crippen molar-refractivity contribution in [2.75, 3.05) is 0 Å². The molecule has 0 nitrogen and oxygen atoms in total. The molecule has 0 aromatic rings. The third-order valence-electron chi connectivity index (χ3n) is 0. The topological polar surface area (TPSA) is 0 Å². The Morgan fingerprint density at radius 3 is 0.500 bits per heavy atom. The van der Waals surface area contributed by atoms with Gasteiger partial charge in [-0.15, -0.1) is 0 Å². The zero-order valence-corrected chi connectivity index (χ0v) is 4.73. The van der Waals surface area contributed by atoms with E-state index in [4.69, 9.17) is 0 Å². The van der Waals surface area contributed by atoms with Gasteiger partial charge in [-0.1, -0.05) is 0 Å². The summed E-state index contributed by atoms with van der Waals surface area (Å²) in [5, 5.41) is 0. The van der Waals surface area contributed by atoms with E-state index < -0.39 is 0 Å². The standard InChI is InChI=1S/3CH3.Al/h3*1H3;/q3*-1;. The predicted octanol–water partition coefficient (Wildman–Crippen LogP) is 0.970. The van der Waals surface area contributed by atoms with Crippen LogP contribution in [0.25, 0.3) is 0 Å². The molecule has 4 heavy (non-hydrogen) atoms. The molecule has 0 heterocycles. The Labute approximate surface area is 40.4 Å². The van der Waals surface area contributed by atoms with Gasteiger partial charge in [0.2, 0.25) is 0 Å². The summed E-state index contributed by atoms with van der Waals surface area (Å²) >= 11 is 0. The van der Waals surface area contributed by atoms with Gasteiger partial charge in [-0.2, -0.15) is 0 Å². The summed E-state index contributed by atoms with van der Waals surface area (Å²) in [6.07, 6.45) is 0. The molecule has 0 fully saturated rings. The second-order valence-corrected chi connectivity index (χ2v) is 0. The molecule has 1 heteroatoms. The minimum atomic E-state index is 0. The Morgan fingerprint density at radius 2 is 0.500 bits per heavy atom. The van der Waals surface area contributed by atoms with Crippen molar-refractivity contribution in [1.29, 1.82) is 0 Å². The number of rotatable bonds is 0. The van der Waals surface area contributed by atoms with Gasteiger partial charge in [-0.05, 0) is 0 Å². The van der Waals surface area contributed by atoms with E-state index in [1.54, 1.807) is 0 Å². The van der Waals surface area contributed by atoms with Crippen LogP contribution in [0.3, 0.4) is 0 Å². The first kappa shape index (κ1) is 199. The van der Waals surface area contributed by atoms with Crippen molar-refractivity contribution in [3.05, 3.63) is 22.3 Å². The molecule has 27 valence electrons. The fraction of sp³-hybridized carbons (Fsp3) is 0. The molecule has 0 aromatic carbocycles. The van der Waals surface area contributed by atoms with Gasteiger partial charge in [0.25, 0.3) is 0 Å². The average molecular weight is 72.1 g/mol. The van der Waals surface area contributed by atoms with E-state index in [9.17, 15) is 0 Å². The molecule has 0 atom stereocenters. The molecule has 0 aliphatic rings. The van der Waals surface area contributed by atoms with E-state index >= 15 is 0 Å². The van der Waals surface area contributed by atoms with Crippen LogP contribution in [0.1, 0.15) is 0 Å².